The van der Waals surface area contributed by atoms with Gasteiger partial charge in [0.1, 0.15) is 23.0 Å². The minimum absolute atomic E-state index is 0.0364. The van der Waals surface area contributed by atoms with Crippen LogP contribution in [-0.2, 0) is 11.2 Å². The first-order chi connectivity index (χ1) is 16.7. The summed E-state index contributed by atoms with van der Waals surface area (Å²) in [5.74, 6) is -1.35. The molecule has 0 fully saturated rings. The molecule has 4 aromatic rings. The van der Waals surface area contributed by atoms with Gasteiger partial charge in [0.25, 0.3) is 11.8 Å². The summed E-state index contributed by atoms with van der Waals surface area (Å²) < 4.78 is 28.1. The van der Waals surface area contributed by atoms with E-state index in [-0.39, 0.29) is 17.3 Å². The Hall–Kier alpha value is -4.40. The Morgan fingerprint density at radius 1 is 0.886 bits per heavy atom. The van der Waals surface area contributed by atoms with Gasteiger partial charge in [0, 0.05) is 12.0 Å². The zero-order valence-corrected chi connectivity index (χ0v) is 19.1. The van der Waals surface area contributed by atoms with Crippen LogP contribution < -0.4 is 10.6 Å². The van der Waals surface area contributed by atoms with Gasteiger partial charge in [0.05, 0.1) is 5.69 Å². The number of halogens is 2. The van der Waals surface area contributed by atoms with Gasteiger partial charge in [0.2, 0.25) is 5.95 Å². The van der Waals surface area contributed by atoms with Crippen LogP contribution in [0.15, 0.2) is 78.9 Å². The summed E-state index contributed by atoms with van der Waals surface area (Å²) in [5, 5.41) is 9.68. The number of nitrogens with one attached hydrogen (secondary N) is 2. The molecule has 0 spiro atoms. The second kappa shape index (κ2) is 9.84. The zero-order chi connectivity index (χ0) is 25.0. The summed E-state index contributed by atoms with van der Waals surface area (Å²) in [7, 11) is 0. The van der Waals surface area contributed by atoms with E-state index in [1.807, 2.05) is 30.3 Å². The van der Waals surface area contributed by atoms with Crippen molar-refractivity contribution in [3.05, 3.63) is 107 Å². The molecule has 2 N–H and O–H groups in total. The van der Waals surface area contributed by atoms with E-state index in [0.29, 0.717) is 17.9 Å². The fraction of sp³-hybridized carbons (Fsp3) is 0.154. The van der Waals surface area contributed by atoms with Gasteiger partial charge in [-0.15, -0.1) is 5.10 Å². The van der Waals surface area contributed by atoms with E-state index >= 15 is 0 Å². The molecule has 0 aliphatic heterocycles. The van der Waals surface area contributed by atoms with Crippen molar-refractivity contribution in [1.29, 1.82) is 0 Å². The lowest BCUT2D eigenvalue weighted by atomic mass is 10.0. The molecule has 0 aliphatic carbocycles. The summed E-state index contributed by atoms with van der Waals surface area (Å²) in [5.41, 5.74) is 0.449. The maximum atomic E-state index is 13.4. The number of aromatic nitrogens is 3. The maximum absolute atomic E-state index is 13.4. The van der Waals surface area contributed by atoms with E-state index in [1.165, 1.54) is 54.9 Å². The Morgan fingerprint density at radius 2 is 1.49 bits per heavy atom. The van der Waals surface area contributed by atoms with E-state index < -0.39 is 23.2 Å². The number of nitrogens with zero attached hydrogens (tertiary/aromatic N) is 3. The summed E-state index contributed by atoms with van der Waals surface area (Å²) in [6.45, 7) is 3.07. The quantitative estimate of drug-likeness (QED) is 0.418. The van der Waals surface area contributed by atoms with Crippen molar-refractivity contribution in [2.45, 2.75) is 25.8 Å². The highest BCUT2D eigenvalue weighted by Gasteiger charge is 2.31. The molecule has 178 valence electrons. The maximum Gasteiger partial charge on any atom is 0.252 e. The van der Waals surface area contributed by atoms with E-state index in [9.17, 15) is 18.4 Å². The van der Waals surface area contributed by atoms with Gasteiger partial charge in [-0.3, -0.25) is 14.9 Å². The van der Waals surface area contributed by atoms with Crippen LogP contribution in [0.4, 0.5) is 14.7 Å². The molecular formula is C26H23F2N5O2. The van der Waals surface area contributed by atoms with Gasteiger partial charge in [-0.05, 0) is 67.9 Å². The van der Waals surface area contributed by atoms with Crippen molar-refractivity contribution in [2.24, 2.45) is 0 Å². The van der Waals surface area contributed by atoms with Gasteiger partial charge in [-0.1, -0.05) is 30.3 Å². The number of hydrogen-bond donors (Lipinski definition) is 2. The summed E-state index contributed by atoms with van der Waals surface area (Å²) in [4.78, 5) is 30.0. The fourth-order valence-electron chi connectivity index (χ4n) is 3.35. The topological polar surface area (TPSA) is 88.9 Å². The van der Waals surface area contributed by atoms with Crippen LogP contribution in [-0.4, -0.2) is 32.1 Å². The molecule has 0 aliphatic rings. The standard InChI is InChI=1S/C26H23F2N5O2/c1-26(2,31-23(34)18-8-10-19(27)11-9-18)24(35)30-25-29-22(16-17-6-4-3-5-7-17)33(32-25)21-14-12-20(28)13-15-21/h3-15H,16H2,1-2H3,(H,31,34)(H,30,32,35). The van der Waals surface area contributed by atoms with Crippen LogP contribution in [0.25, 0.3) is 5.69 Å². The summed E-state index contributed by atoms with van der Waals surface area (Å²) >= 11 is 0. The summed E-state index contributed by atoms with van der Waals surface area (Å²) in [6.07, 6.45) is 0.422. The number of anilines is 1. The fourth-order valence-corrected chi connectivity index (χ4v) is 3.35. The van der Waals surface area contributed by atoms with Gasteiger partial charge >= 0.3 is 0 Å². The number of benzene rings is 3. The molecular weight excluding hydrogens is 452 g/mol. The van der Waals surface area contributed by atoms with Crippen LogP contribution in [0.2, 0.25) is 0 Å². The highest BCUT2D eigenvalue weighted by Crippen LogP contribution is 2.18. The lowest BCUT2D eigenvalue weighted by Crippen LogP contribution is -2.52. The van der Waals surface area contributed by atoms with Crippen molar-refractivity contribution in [3.63, 3.8) is 0 Å². The molecule has 9 heteroatoms. The molecule has 0 saturated carbocycles. The highest BCUT2D eigenvalue weighted by molar-refractivity contribution is 6.02. The van der Waals surface area contributed by atoms with Gasteiger partial charge < -0.3 is 5.32 Å². The van der Waals surface area contributed by atoms with Crippen molar-refractivity contribution in [3.8, 4) is 5.69 Å². The smallest absolute Gasteiger partial charge is 0.252 e. The Labute approximate surface area is 200 Å². The molecule has 4 rings (SSSR count). The largest absolute Gasteiger partial charge is 0.338 e. The molecule has 1 heterocycles. The molecule has 0 atom stereocenters. The average Bonchev–Trinajstić information content (AvgIpc) is 3.22. The van der Waals surface area contributed by atoms with E-state index in [0.717, 1.165) is 5.56 Å². The minimum Gasteiger partial charge on any atom is -0.338 e. The number of amides is 2. The third-order valence-corrected chi connectivity index (χ3v) is 5.28. The predicted octanol–water partition coefficient (Wildman–Crippen LogP) is 4.28. The Morgan fingerprint density at radius 3 is 2.11 bits per heavy atom. The second-order valence-corrected chi connectivity index (χ2v) is 8.44. The molecule has 3 aromatic carbocycles. The van der Waals surface area contributed by atoms with Crippen LogP contribution in [0.1, 0.15) is 35.6 Å². The zero-order valence-electron chi connectivity index (χ0n) is 19.1. The van der Waals surface area contributed by atoms with Crippen LogP contribution in [0, 0.1) is 11.6 Å². The predicted molar refractivity (Wildman–Crippen MR) is 127 cm³/mol. The molecule has 2 amide bonds. The molecule has 7 nitrogen and oxygen atoms in total. The molecule has 0 unspecified atom stereocenters. The van der Waals surface area contributed by atoms with Crippen molar-refractivity contribution < 1.29 is 18.4 Å². The van der Waals surface area contributed by atoms with Crippen molar-refractivity contribution in [1.82, 2.24) is 20.1 Å². The van der Waals surface area contributed by atoms with Gasteiger partial charge in [0.15, 0.2) is 0 Å². The number of carbonyl (C=O) groups excluding carboxylic acids is 2. The first kappa shape index (κ1) is 23.7. The highest BCUT2D eigenvalue weighted by atomic mass is 19.1. The van der Waals surface area contributed by atoms with E-state index in [4.69, 9.17) is 0 Å². The average molecular weight is 475 g/mol. The van der Waals surface area contributed by atoms with Crippen molar-refractivity contribution >= 4 is 17.8 Å². The SMILES string of the molecule is CC(C)(NC(=O)c1ccc(F)cc1)C(=O)Nc1nc(Cc2ccccc2)n(-c2ccc(F)cc2)n1. The molecule has 0 bridgehead atoms. The number of hydrogen-bond acceptors (Lipinski definition) is 4. The van der Waals surface area contributed by atoms with Crippen LogP contribution >= 0.6 is 0 Å². The van der Waals surface area contributed by atoms with Crippen LogP contribution in [0.5, 0.6) is 0 Å². The lowest BCUT2D eigenvalue weighted by molar-refractivity contribution is -0.121. The lowest BCUT2D eigenvalue weighted by Gasteiger charge is -2.24. The van der Waals surface area contributed by atoms with E-state index in [2.05, 4.69) is 20.7 Å². The number of carbonyl (C=O) groups is 2. The third kappa shape index (κ3) is 5.75. The normalized spacial score (nSPS) is 11.2. The Bertz CT molecular complexity index is 1330. The first-order valence-corrected chi connectivity index (χ1v) is 10.9. The van der Waals surface area contributed by atoms with Crippen molar-refractivity contribution in [2.75, 3.05) is 5.32 Å². The Balaban J connectivity index is 1.56. The van der Waals surface area contributed by atoms with Gasteiger partial charge in [-0.25, -0.2) is 13.5 Å². The number of rotatable bonds is 7. The van der Waals surface area contributed by atoms with Crippen LogP contribution in [0.3, 0.4) is 0 Å². The first-order valence-electron chi connectivity index (χ1n) is 10.9. The Kier molecular flexibility index (Phi) is 6.68. The molecule has 0 radical (unpaired) electrons. The molecule has 35 heavy (non-hydrogen) atoms. The third-order valence-electron chi connectivity index (χ3n) is 5.28. The molecule has 0 saturated heterocycles. The monoisotopic (exact) mass is 475 g/mol. The van der Waals surface area contributed by atoms with E-state index in [1.54, 1.807) is 12.1 Å². The van der Waals surface area contributed by atoms with Gasteiger partial charge in [-0.2, -0.15) is 4.98 Å². The molecule has 1 aromatic heterocycles. The second-order valence-electron chi connectivity index (χ2n) is 8.44. The minimum atomic E-state index is -1.33. The summed E-state index contributed by atoms with van der Waals surface area (Å²) in [6, 6.07) is 20.4.